The fourth-order valence-corrected chi connectivity index (χ4v) is 3.57. The van der Waals surface area contributed by atoms with Gasteiger partial charge in [-0.15, -0.1) is 0 Å². The van der Waals surface area contributed by atoms with Crippen LogP contribution in [0.25, 0.3) is 0 Å². The van der Waals surface area contributed by atoms with Gasteiger partial charge in [0.2, 0.25) is 0 Å². The van der Waals surface area contributed by atoms with E-state index in [9.17, 15) is 0 Å². The molecule has 2 fully saturated rings. The summed E-state index contributed by atoms with van der Waals surface area (Å²) in [6.07, 6.45) is 1.33. The van der Waals surface area contributed by atoms with E-state index in [-0.39, 0.29) is 0 Å². The van der Waals surface area contributed by atoms with Crippen LogP contribution in [0.2, 0.25) is 0 Å². The number of nitrogens with zero attached hydrogens (tertiary/aromatic N) is 3. The van der Waals surface area contributed by atoms with Crippen molar-refractivity contribution in [1.82, 2.24) is 14.7 Å². The van der Waals surface area contributed by atoms with Crippen LogP contribution in [-0.4, -0.2) is 72.1 Å². The molecule has 1 atom stereocenters. The first-order chi connectivity index (χ1) is 7.90. The molecule has 0 bridgehead atoms. The first-order valence-corrected chi connectivity index (χ1v) is 7.09. The predicted octanol–water partition coefficient (Wildman–Crippen LogP) is 1.50. The van der Waals surface area contributed by atoms with Gasteiger partial charge in [-0.25, -0.2) is 0 Å². The Balaban J connectivity index is 1.96. The van der Waals surface area contributed by atoms with Gasteiger partial charge < -0.3 is 4.90 Å². The molecule has 0 N–H and O–H groups in total. The summed E-state index contributed by atoms with van der Waals surface area (Å²) in [6, 6.07) is 1.45. The van der Waals surface area contributed by atoms with E-state index in [4.69, 9.17) is 0 Å². The molecule has 2 rings (SSSR count). The average molecular weight is 239 g/mol. The fourth-order valence-electron chi connectivity index (χ4n) is 3.57. The largest absolute Gasteiger partial charge is 0.304 e. The summed E-state index contributed by atoms with van der Waals surface area (Å²) in [5.41, 5.74) is 0.377. The lowest BCUT2D eigenvalue weighted by atomic mass is 9.98. The zero-order valence-corrected chi connectivity index (χ0v) is 12.2. The summed E-state index contributed by atoms with van der Waals surface area (Å²) in [5, 5.41) is 0. The lowest BCUT2D eigenvalue weighted by Gasteiger charge is -2.36. The molecular weight excluding hydrogens is 210 g/mol. The summed E-state index contributed by atoms with van der Waals surface area (Å²) in [4.78, 5) is 7.83. The molecule has 0 amide bonds. The average Bonchev–Trinajstić information content (AvgIpc) is 2.55. The van der Waals surface area contributed by atoms with Gasteiger partial charge in [0, 0.05) is 50.3 Å². The Morgan fingerprint density at radius 3 is 2.12 bits per heavy atom. The third-order valence-corrected chi connectivity index (χ3v) is 4.60. The van der Waals surface area contributed by atoms with Crippen LogP contribution >= 0.6 is 0 Å². The lowest BCUT2D eigenvalue weighted by Crippen LogP contribution is -2.50. The Bertz CT molecular complexity index is 254. The topological polar surface area (TPSA) is 9.72 Å². The second-order valence-electron chi connectivity index (χ2n) is 6.76. The molecule has 3 heteroatoms. The molecule has 0 unspecified atom stereocenters. The molecule has 3 nitrogen and oxygen atoms in total. The van der Waals surface area contributed by atoms with E-state index >= 15 is 0 Å². The second kappa shape index (κ2) is 4.87. The summed E-state index contributed by atoms with van der Waals surface area (Å²) in [5.74, 6) is 0. The number of hydrogen-bond donors (Lipinski definition) is 0. The number of piperazine rings is 1. The molecular formula is C14H29N3. The van der Waals surface area contributed by atoms with Gasteiger partial charge in [0.25, 0.3) is 0 Å². The van der Waals surface area contributed by atoms with Crippen LogP contribution in [0.1, 0.15) is 34.1 Å². The van der Waals surface area contributed by atoms with Crippen molar-refractivity contribution in [2.45, 2.75) is 51.7 Å². The standard InChI is InChI=1S/C14H29N3/c1-12(2)17-11-13(10-14(17,3)4)16-8-6-15(5)7-9-16/h12-13H,6-11H2,1-5H3/t13-/m0/s1. The van der Waals surface area contributed by atoms with Crippen LogP contribution in [0.4, 0.5) is 0 Å². The van der Waals surface area contributed by atoms with Crippen molar-refractivity contribution < 1.29 is 0 Å². The van der Waals surface area contributed by atoms with Gasteiger partial charge in [0.15, 0.2) is 0 Å². The van der Waals surface area contributed by atoms with E-state index in [1.807, 2.05) is 0 Å². The number of hydrogen-bond acceptors (Lipinski definition) is 3. The van der Waals surface area contributed by atoms with E-state index in [0.29, 0.717) is 11.6 Å². The van der Waals surface area contributed by atoms with Gasteiger partial charge in [-0.3, -0.25) is 9.80 Å². The molecule has 2 aliphatic heterocycles. The molecule has 100 valence electrons. The lowest BCUT2D eigenvalue weighted by molar-refractivity contribution is 0.108. The van der Waals surface area contributed by atoms with Gasteiger partial charge in [0.1, 0.15) is 0 Å². The third-order valence-electron chi connectivity index (χ3n) is 4.60. The van der Waals surface area contributed by atoms with Gasteiger partial charge >= 0.3 is 0 Å². The molecule has 0 aliphatic carbocycles. The highest BCUT2D eigenvalue weighted by molar-refractivity contribution is 4.99. The minimum absolute atomic E-state index is 0.377. The highest BCUT2D eigenvalue weighted by Gasteiger charge is 2.41. The third kappa shape index (κ3) is 2.83. The minimum atomic E-state index is 0.377. The summed E-state index contributed by atoms with van der Waals surface area (Å²) in [6.45, 7) is 15.7. The van der Waals surface area contributed by atoms with E-state index < -0.39 is 0 Å². The van der Waals surface area contributed by atoms with Crippen molar-refractivity contribution in [2.24, 2.45) is 0 Å². The number of rotatable bonds is 2. The van der Waals surface area contributed by atoms with Crippen molar-refractivity contribution in [2.75, 3.05) is 39.8 Å². The van der Waals surface area contributed by atoms with E-state index in [2.05, 4.69) is 49.4 Å². The zero-order chi connectivity index (χ0) is 12.6. The smallest absolute Gasteiger partial charge is 0.0241 e. The van der Waals surface area contributed by atoms with Crippen LogP contribution in [0, 0.1) is 0 Å². The maximum atomic E-state index is 2.71. The van der Waals surface area contributed by atoms with Crippen molar-refractivity contribution in [3.8, 4) is 0 Å². The summed E-state index contributed by atoms with van der Waals surface area (Å²) < 4.78 is 0. The Kier molecular flexibility index (Phi) is 3.81. The van der Waals surface area contributed by atoms with Crippen LogP contribution in [0.15, 0.2) is 0 Å². The van der Waals surface area contributed by atoms with Crippen LogP contribution in [0.5, 0.6) is 0 Å². The molecule has 17 heavy (non-hydrogen) atoms. The van der Waals surface area contributed by atoms with E-state index in [0.717, 1.165) is 6.04 Å². The maximum Gasteiger partial charge on any atom is 0.0241 e. The van der Waals surface area contributed by atoms with Gasteiger partial charge in [-0.1, -0.05) is 0 Å². The molecule has 0 aromatic carbocycles. The van der Waals surface area contributed by atoms with Gasteiger partial charge in [-0.05, 0) is 41.2 Å². The second-order valence-corrected chi connectivity index (χ2v) is 6.76. The first kappa shape index (κ1) is 13.3. The monoisotopic (exact) mass is 239 g/mol. The molecule has 0 aromatic heterocycles. The van der Waals surface area contributed by atoms with Crippen molar-refractivity contribution in [3.05, 3.63) is 0 Å². The molecule has 0 radical (unpaired) electrons. The Morgan fingerprint density at radius 2 is 1.65 bits per heavy atom. The molecule has 2 saturated heterocycles. The Morgan fingerprint density at radius 1 is 1.06 bits per heavy atom. The molecule has 0 spiro atoms. The van der Waals surface area contributed by atoms with Gasteiger partial charge in [0.05, 0.1) is 0 Å². The minimum Gasteiger partial charge on any atom is -0.304 e. The quantitative estimate of drug-likeness (QED) is 0.723. The first-order valence-electron chi connectivity index (χ1n) is 7.09. The van der Waals surface area contributed by atoms with Crippen LogP contribution in [0.3, 0.4) is 0 Å². The predicted molar refractivity (Wildman–Crippen MR) is 73.4 cm³/mol. The molecule has 2 aliphatic rings. The molecule has 0 saturated carbocycles. The highest BCUT2D eigenvalue weighted by atomic mass is 15.3. The van der Waals surface area contributed by atoms with Crippen LogP contribution < -0.4 is 0 Å². The number of likely N-dealkylation sites (N-methyl/N-ethyl adjacent to an activating group) is 1. The van der Waals surface area contributed by atoms with Crippen LogP contribution in [-0.2, 0) is 0 Å². The van der Waals surface area contributed by atoms with Crippen molar-refractivity contribution >= 4 is 0 Å². The Hall–Kier alpha value is -0.120. The van der Waals surface area contributed by atoms with Gasteiger partial charge in [-0.2, -0.15) is 0 Å². The Labute approximate surface area is 107 Å². The molecule has 2 heterocycles. The highest BCUT2D eigenvalue weighted by Crippen LogP contribution is 2.33. The SMILES string of the molecule is CC(C)N1C[C@@H](N2CCN(C)CC2)CC1(C)C. The van der Waals surface area contributed by atoms with Crippen molar-refractivity contribution in [3.63, 3.8) is 0 Å². The van der Waals surface area contributed by atoms with E-state index in [1.54, 1.807) is 0 Å². The summed E-state index contributed by atoms with van der Waals surface area (Å²) in [7, 11) is 2.23. The summed E-state index contributed by atoms with van der Waals surface area (Å²) >= 11 is 0. The molecule has 0 aromatic rings. The maximum absolute atomic E-state index is 2.71. The van der Waals surface area contributed by atoms with E-state index in [1.165, 1.54) is 39.1 Å². The zero-order valence-electron chi connectivity index (χ0n) is 12.2. The number of likely N-dealkylation sites (tertiary alicyclic amines) is 1. The van der Waals surface area contributed by atoms with Crippen molar-refractivity contribution in [1.29, 1.82) is 0 Å². The fraction of sp³-hybridized carbons (Fsp3) is 1.00. The normalized spacial score (nSPS) is 32.5.